The van der Waals surface area contributed by atoms with E-state index in [1.165, 1.54) is 13.2 Å². The van der Waals surface area contributed by atoms with E-state index in [1.807, 2.05) is 0 Å². The monoisotopic (exact) mass is 219 g/mol. The van der Waals surface area contributed by atoms with Crippen LogP contribution in [-0.2, 0) is 0 Å². The summed E-state index contributed by atoms with van der Waals surface area (Å²) in [6.07, 6.45) is 0. The Labute approximate surface area is 91.9 Å². The molecule has 2 aromatic rings. The highest BCUT2D eigenvalue weighted by Gasteiger charge is 2.06. The van der Waals surface area contributed by atoms with Gasteiger partial charge >= 0.3 is 0 Å². The third-order valence-electron chi connectivity index (χ3n) is 2.13. The molecule has 1 aromatic heterocycles. The van der Waals surface area contributed by atoms with E-state index >= 15 is 0 Å². The molecule has 0 radical (unpaired) electrons. The van der Waals surface area contributed by atoms with Crippen molar-refractivity contribution in [1.29, 1.82) is 0 Å². The second kappa shape index (κ2) is 4.14. The van der Waals surface area contributed by atoms with Crippen molar-refractivity contribution in [2.45, 2.75) is 0 Å². The summed E-state index contributed by atoms with van der Waals surface area (Å²) in [6, 6.07) is 7.90. The molecule has 1 heterocycles. The first-order valence-corrected chi connectivity index (χ1v) is 4.64. The lowest BCUT2D eigenvalue weighted by Crippen LogP contribution is -1.94. The summed E-state index contributed by atoms with van der Waals surface area (Å²) < 4.78 is 18.2. The number of rotatable bonds is 2. The van der Waals surface area contributed by atoms with E-state index in [2.05, 4.69) is 10.2 Å². The van der Waals surface area contributed by atoms with E-state index in [4.69, 9.17) is 10.5 Å². The van der Waals surface area contributed by atoms with Gasteiger partial charge in [0.1, 0.15) is 5.82 Å². The van der Waals surface area contributed by atoms with Gasteiger partial charge in [-0.1, -0.05) is 0 Å². The van der Waals surface area contributed by atoms with Gasteiger partial charge in [-0.2, -0.15) is 0 Å². The first-order valence-electron chi connectivity index (χ1n) is 4.64. The molecule has 2 N–H and O–H groups in total. The third kappa shape index (κ3) is 1.93. The third-order valence-corrected chi connectivity index (χ3v) is 2.13. The predicted octanol–water partition coefficient (Wildman–Crippen LogP) is 1.87. The van der Waals surface area contributed by atoms with Crippen LogP contribution in [0.5, 0.6) is 5.75 Å². The molecule has 16 heavy (non-hydrogen) atoms. The topological polar surface area (TPSA) is 61.0 Å². The molecule has 4 nitrogen and oxygen atoms in total. The van der Waals surface area contributed by atoms with Crippen molar-refractivity contribution in [2.24, 2.45) is 0 Å². The van der Waals surface area contributed by atoms with Gasteiger partial charge < -0.3 is 10.5 Å². The zero-order chi connectivity index (χ0) is 11.5. The maximum atomic E-state index is 13.4. The van der Waals surface area contributed by atoms with E-state index < -0.39 is 5.82 Å². The minimum Gasteiger partial charge on any atom is -0.494 e. The van der Waals surface area contributed by atoms with Crippen molar-refractivity contribution in [3.05, 3.63) is 36.1 Å². The molecular weight excluding hydrogens is 209 g/mol. The summed E-state index contributed by atoms with van der Waals surface area (Å²) in [6.45, 7) is 0. The van der Waals surface area contributed by atoms with Crippen molar-refractivity contribution < 1.29 is 9.13 Å². The molecular formula is C11H10FN3O. The Morgan fingerprint density at radius 2 is 2.00 bits per heavy atom. The number of ether oxygens (including phenoxy) is 1. The van der Waals surface area contributed by atoms with Gasteiger partial charge in [-0.15, -0.1) is 10.2 Å². The number of hydrogen-bond donors (Lipinski definition) is 1. The molecule has 0 saturated heterocycles. The van der Waals surface area contributed by atoms with Gasteiger partial charge in [0.2, 0.25) is 0 Å². The second-order valence-electron chi connectivity index (χ2n) is 3.19. The Balaban J connectivity index is 2.41. The number of nitrogens with two attached hydrogens (primary N) is 1. The molecule has 0 saturated carbocycles. The summed E-state index contributed by atoms with van der Waals surface area (Å²) in [4.78, 5) is 0. The predicted molar refractivity (Wildman–Crippen MR) is 58.4 cm³/mol. The molecule has 0 bridgehead atoms. The van der Waals surface area contributed by atoms with Crippen molar-refractivity contribution in [1.82, 2.24) is 10.2 Å². The second-order valence-corrected chi connectivity index (χ2v) is 3.19. The fourth-order valence-corrected chi connectivity index (χ4v) is 1.32. The largest absolute Gasteiger partial charge is 0.494 e. The van der Waals surface area contributed by atoms with Gasteiger partial charge in [0, 0.05) is 5.56 Å². The van der Waals surface area contributed by atoms with Crippen LogP contribution in [0.4, 0.5) is 10.2 Å². The summed E-state index contributed by atoms with van der Waals surface area (Å²) in [5, 5.41) is 7.56. The molecule has 0 atom stereocenters. The summed E-state index contributed by atoms with van der Waals surface area (Å²) in [7, 11) is 1.42. The van der Waals surface area contributed by atoms with Crippen LogP contribution in [0.3, 0.4) is 0 Å². The van der Waals surface area contributed by atoms with Gasteiger partial charge in [-0.05, 0) is 30.3 Å². The average Bonchev–Trinajstić information content (AvgIpc) is 2.30. The number of methoxy groups -OCH3 is 1. The Bertz CT molecular complexity index is 499. The SMILES string of the molecule is COc1ccc(-c2ccc(N)nn2)cc1F. The van der Waals surface area contributed by atoms with Crippen molar-refractivity contribution in [3.8, 4) is 17.0 Å². The minimum absolute atomic E-state index is 0.201. The van der Waals surface area contributed by atoms with Gasteiger partial charge in [0.25, 0.3) is 0 Å². The molecule has 0 fully saturated rings. The van der Waals surface area contributed by atoms with E-state index in [-0.39, 0.29) is 5.75 Å². The number of nitrogen functional groups attached to an aromatic ring is 1. The van der Waals surface area contributed by atoms with Gasteiger partial charge in [-0.3, -0.25) is 0 Å². The van der Waals surface area contributed by atoms with Crippen LogP contribution in [0.2, 0.25) is 0 Å². The van der Waals surface area contributed by atoms with Crippen LogP contribution < -0.4 is 10.5 Å². The summed E-state index contributed by atoms with van der Waals surface area (Å²) >= 11 is 0. The number of benzene rings is 1. The Morgan fingerprint density at radius 1 is 1.19 bits per heavy atom. The number of nitrogens with zero attached hydrogens (tertiary/aromatic N) is 2. The fourth-order valence-electron chi connectivity index (χ4n) is 1.32. The fraction of sp³-hybridized carbons (Fsp3) is 0.0909. The van der Waals surface area contributed by atoms with Crippen LogP contribution in [0.1, 0.15) is 0 Å². The maximum Gasteiger partial charge on any atom is 0.165 e. The summed E-state index contributed by atoms with van der Waals surface area (Å²) in [5.74, 6) is 0.100. The highest BCUT2D eigenvalue weighted by Crippen LogP contribution is 2.23. The molecule has 0 amide bonds. The van der Waals surface area contributed by atoms with Crippen LogP contribution in [-0.4, -0.2) is 17.3 Å². The minimum atomic E-state index is -0.432. The van der Waals surface area contributed by atoms with Crippen LogP contribution in [0.15, 0.2) is 30.3 Å². The molecule has 0 aliphatic rings. The normalized spacial score (nSPS) is 10.1. The van der Waals surface area contributed by atoms with E-state index in [1.54, 1.807) is 24.3 Å². The number of aromatic nitrogens is 2. The Morgan fingerprint density at radius 3 is 2.56 bits per heavy atom. The molecule has 82 valence electrons. The lowest BCUT2D eigenvalue weighted by atomic mass is 10.1. The van der Waals surface area contributed by atoms with E-state index in [9.17, 15) is 4.39 Å². The zero-order valence-corrected chi connectivity index (χ0v) is 8.64. The molecule has 0 aliphatic carbocycles. The highest BCUT2D eigenvalue weighted by atomic mass is 19.1. The first-order chi connectivity index (χ1) is 7.70. The molecule has 2 rings (SSSR count). The highest BCUT2D eigenvalue weighted by molar-refractivity contribution is 5.60. The maximum absolute atomic E-state index is 13.4. The van der Waals surface area contributed by atoms with Gasteiger partial charge in [0.05, 0.1) is 12.8 Å². The zero-order valence-electron chi connectivity index (χ0n) is 8.64. The van der Waals surface area contributed by atoms with E-state index in [0.29, 0.717) is 17.1 Å². The van der Waals surface area contributed by atoms with Crippen molar-refractivity contribution >= 4 is 5.82 Å². The molecule has 0 spiro atoms. The lowest BCUT2D eigenvalue weighted by Gasteiger charge is -2.04. The van der Waals surface area contributed by atoms with Gasteiger partial charge in [-0.25, -0.2) is 4.39 Å². The smallest absolute Gasteiger partial charge is 0.165 e. The number of halogens is 1. The van der Waals surface area contributed by atoms with Crippen molar-refractivity contribution in [2.75, 3.05) is 12.8 Å². The van der Waals surface area contributed by atoms with Crippen LogP contribution >= 0.6 is 0 Å². The molecule has 1 aromatic carbocycles. The standard InChI is InChI=1S/C11H10FN3O/c1-16-10-4-2-7(6-8(10)12)9-3-5-11(13)15-14-9/h2-6H,1H3,(H2,13,15). The summed E-state index contributed by atoms with van der Waals surface area (Å²) in [5.41, 5.74) is 6.61. The molecule has 0 aliphatic heterocycles. The molecule has 0 unspecified atom stereocenters. The Kier molecular flexibility index (Phi) is 2.68. The first kappa shape index (κ1) is 10.4. The lowest BCUT2D eigenvalue weighted by molar-refractivity contribution is 0.386. The molecule has 5 heteroatoms. The van der Waals surface area contributed by atoms with Gasteiger partial charge in [0.15, 0.2) is 11.6 Å². The quantitative estimate of drug-likeness (QED) is 0.837. The van der Waals surface area contributed by atoms with Crippen LogP contribution in [0, 0.1) is 5.82 Å². The van der Waals surface area contributed by atoms with E-state index in [0.717, 1.165) is 0 Å². The number of anilines is 1. The average molecular weight is 219 g/mol. The van der Waals surface area contributed by atoms with Crippen molar-refractivity contribution in [3.63, 3.8) is 0 Å². The number of hydrogen-bond acceptors (Lipinski definition) is 4. The Hall–Kier alpha value is -2.17. The van der Waals surface area contributed by atoms with Crippen LogP contribution in [0.25, 0.3) is 11.3 Å².